The lowest BCUT2D eigenvalue weighted by molar-refractivity contribution is -0.139. The number of nitrogens with zero attached hydrogens (tertiary/aromatic N) is 1. The summed E-state index contributed by atoms with van der Waals surface area (Å²) in [5.74, 6) is 2.73. The molecule has 0 saturated carbocycles. The predicted molar refractivity (Wildman–Crippen MR) is 99.1 cm³/mol. The fourth-order valence-corrected chi connectivity index (χ4v) is 4.69. The minimum atomic E-state index is -0.380. The fourth-order valence-electron chi connectivity index (χ4n) is 3.42. The molecular weight excluding hydrogens is 334 g/mol. The zero-order chi connectivity index (χ0) is 17.2. The number of hydrogen-bond acceptors (Lipinski definition) is 4. The SMILES string of the molecule is COc1ccc(C2SCCN2C(=O)C2CCc3ccccc3O2)cc1. The van der Waals surface area contributed by atoms with Crippen molar-refractivity contribution >= 4 is 17.7 Å². The molecule has 2 heterocycles. The first-order valence-electron chi connectivity index (χ1n) is 8.57. The monoisotopic (exact) mass is 355 g/mol. The normalized spacial score (nSPS) is 22.2. The minimum absolute atomic E-state index is 0.0548. The van der Waals surface area contributed by atoms with Crippen molar-refractivity contribution in [3.8, 4) is 11.5 Å². The van der Waals surface area contributed by atoms with Crippen LogP contribution in [-0.4, -0.2) is 36.3 Å². The Morgan fingerprint density at radius 2 is 2.00 bits per heavy atom. The Kier molecular flexibility index (Phi) is 4.57. The van der Waals surface area contributed by atoms with Gasteiger partial charge in [0, 0.05) is 12.3 Å². The van der Waals surface area contributed by atoms with E-state index in [9.17, 15) is 4.79 Å². The van der Waals surface area contributed by atoms with Gasteiger partial charge in [-0.15, -0.1) is 11.8 Å². The van der Waals surface area contributed by atoms with Crippen LogP contribution in [-0.2, 0) is 11.2 Å². The van der Waals surface area contributed by atoms with E-state index in [-0.39, 0.29) is 17.4 Å². The summed E-state index contributed by atoms with van der Waals surface area (Å²) < 4.78 is 11.2. The van der Waals surface area contributed by atoms with Gasteiger partial charge in [-0.2, -0.15) is 0 Å². The molecule has 130 valence electrons. The molecule has 4 nitrogen and oxygen atoms in total. The maximum absolute atomic E-state index is 13.1. The molecule has 2 unspecified atom stereocenters. The highest BCUT2D eigenvalue weighted by atomic mass is 32.2. The third-order valence-electron chi connectivity index (χ3n) is 4.77. The van der Waals surface area contributed by atoms with Crippen LogP contribution >= 0.6 is 11.8 Å². The van der Waals surface area contributed by atoms with Crippen molar-refractivity contribution in [3.05, 3.63) is 59.7 Å². The number of methoxy groups -OCH3 is 1. The van der Waals surface area contributed by atoms with Crippen LogP contribution < -0.4 is 9.47 Å². The largest absolute Gasteiger partial charge is 0.497 e. The Hall–Kier alpha value is -2.14. The van der Waals surface area contributed by atoms with Crippen molar-refractivity contribution in [1.82, 2.24) is 4.90 Å². The first-order chi connectivity index (χ1) is 12.3. The van der Waals surface area contributed by atoms with E-state index in [1.807, 2.05) is 47.4 Å². The number of rotatable bonds is 3. The van der Waals surface area contributed by atoms with E-state index in [0.717, 1.165) is 42.2 Å². The van der Waals surface area contributed by atoms with Gasteiger partial charge in [0.15, 0.2) is 6.10 Å². The van der Waals surface area contributed by atoms with Crippen molar-refractivity contribution in [2.75, 3.05) is 19.4 Å². The van der Waals surface area contributed by atoms with E-state index in [2.05, 4.69) is 6.07 Å². The average molecular weight is 355 g/mol. The Bertz CT molecular complexity index is 762. The topological polar surface area (TPSA) is 38.8 Å². The molecule has 2 atom stereocenters. The summed E-state index contributed by atoms with van der Waals surface area (Å²) in [6.07, 6.45) is 1.25. The third kappa shape index (κ3) is 3.21. The van der Waals surface area contributed by atoms with Crippen LogP contribution in [0.3, 0.4) is 0 Å². The number of fused-ring (bicyclic) bond motifs is 1. The molecule has 2 aliphatic heterocycles. The summed E-state index contributed by atoms with van der Waals surface area (Å²) in [4.78, 5) is 15.0. The van der Waals surface area contributed by atoms with Crippen molar-refractivity contribution in [3.63, 3.8) is 0 Å². The van der Waals surface area contributed by atoms with Crippen LogP contribution in [0.15, 0.2) is 48.5 Å². The molecule has 5 heteroatoms. The van der Waals surface area contributed by atoms with Gasteiger partial charge >= 0.3 is 0 Å². The molecular formula is C20H21NO3S. The lowest BCUT2D eigenvalue weighted by Crippen LogP contribution is -2.43. The molecule has 2 aromatic carbocycles. The van der Waals surface area contributed by atoms with Crippen LogP contribution in [0, 0.1) is 0 Å². The number of benzene rings is 2. The van der Waals surface area contributed by atoms with Crippen molar-refractivity contribution < 1.29 is 14.3 Å². The Balaban J connectivity index is 1.51. The van der Waals surface area contributed by atoms with Crippen LogP contribution in [0.25, 0.3) is 0 Å². The number of hydrogen-bond donors (Lipinski definition) is 0. The molecule has 0 radical (unpaired) electrons. The zero-order valence-corrected chi connectivity index (χ0v) is 15.0. The summed E-state index contributed by atoms with van der Waals surface area (Å²) in [6.45, 7) is 0.766. The second-order valence-corrected chi connectivity index (χ2v) is 7.47. The summed E-state index contributed by atoms with van der Waals surface area (Å²) in [7, 11) is 1.66. The lowest BCUT2D eigenvalue weighted by Gasteiger charge is -2.31. The zero-order valence-electron chi connectivity index (χ0n) is 14.2. The van der Waals surface area contributed by atoms with Gasteiger partial charge in [-0.05, 0) is 42.2 Å². The second-order valence-electron chi connectivity index (χ2n) is 6.28. The van der Waals surface area contributed by atoms with Crippen molar-refractivity contribution in [2.45, 2.75) is 24.3 Å². The number of amides is 1. The number of para-hydroxylation sites is 1. The smallest absolute Gasteiger partial charge is 0.264 e. The van der Waals surface area contributed by atoms with Gasteiger partial charge in [-0.3, -0.25) is 4.79 Å². The average Bonchev–Trinajstić information content (AvgIpc) is 3.17. The van der Waals surface area contributed by atoms with Gasteiger partial charge in [-0.25, -0.2) is 0 Å². The van der Waals surface area contributed by atoms with E-state index in [1.165, 1.54) is 5.56 Å². The molecule has 2 aromatic rings. The first-order valence-corrected chi connectivity index (χ1v) is 9.62. The van der Waals surface area contributed by atoms with E-state index >= 15 is 0 Å². The van der Waals surface area contributed by atoms with Crippen LogP contribution in [0.4, 0.5) is 0 Å². The van der Waals surface area contributed by atoms with Crippen LogP contribution in [0.1, 0.15) is 22.9 Å². The highest BCUT2D eigenvalue weighted by Gasteiger charge is 2.36. The Morgan fingerprint density at radius 1 is 1.20 bits per heavy atom. The van der Waals surface area contributed by atoms with Crippen molar-refractivity contribution in [2.24, 2.45) is 0 Å². The fraction of sp³-hybridized carbons (Fsp3) is 0.350. The van der Waals surface area contributed by atoms with Crippen molar-refractivity contribution in [1.29, 1.82) is 0 Å². The molecule has 1 fully saturated rings. The summed E-state index contributed by atoms with van der Waals surface area (Å²) >= 11 is 1.80. The standard InChI is InChI=1S/C20H21NO3S/c1-23-16-9-6-15(7-10-16)20-21(12-13-25-20)19(22)18-11-8-14-4-2-3-5-17(14)24-18/h2-7,9-10,18,20H,8,11-13H2,1H3. The summed E-state index contributed by atoms with van der Waals surface area (Å²) in [6, 6.07) is 16.0. The van der Waals surface area contributed by atoms with Gasteiger partial charge in [-0.1, -0.05) is 30.3 Å². The van der Waals surface area contributed by atoms with E-state index in [1.54, 1.807) is 18.9 Å². The molecule has 0 bridgehead atoms. The maximum Gasteiger partial charge on any atom is 0.264 e. The minimum Gasteiger partial charge on any atom is -0.497 e. The van der Waals surface area contributed by atoms with E-state index in [4.69, 9.17) is 9.47 Å². The van der Waals surface area contributed by atoms with Gasteiger partial charge in [0.25, 0.3) is 5.91 Å². The number of carbonyl (C=O) groups excluding carboxylic acids is 1. The molecule has 0 N–H and O–H groups in total. The highest BCUT2D eigenvalue weighted by Crippen LogP contribution is 2.39. The third-order valence-corrected chi connectivity index (χ3v) is 6.03. The van der Waals surface area contributed by atoms with E-state index in [0.29, 0.717) is 0 Å². The Labute approximate surface area is 152 Å². The molecule has 2 aliphatic rings. The molecule has 0 aromatic heterocycles. The van der Waals surface area contributed by atoms with E-state index < -0.39 is 0 Å². The first kappa shape index (κ1) is 16.3. The summed E-state index contributed by atoms with van der Waals surface area (Å²) in [5.41, 5.74) is 2.32. The molecule has 25 heavy (non-hydrogen) atoms. The van der Waals surface area contributed by atoms with Gasteiger partial charge in [0.05, 0.1) is 7.11 Å². The quantitative estimate of drug-likeness (QED) is 0.842. The predicted octanol–water partition coefficient (Wildman–Crippen LogP) is 3.66. The van der Waals surface area contributed by atoms with Gasteiger partial charge in [0.1, 0.15) is 16.9 Å². The Morgan fingerprint density at radius 3 is 2.80 bits per heavy atom. The maximum atomic E-state index is 13.1. The molecule has 1 amide bonds. The summed E-state index contributed by atoms with van der Waals surface area (Å²) in [5, 5.41) is 0.0548. The molecule has 1 saturated heterocycles. The number of carbonyl (C=O) groups is 1. The number of thioether (sulfide) groups is 1. The number of aryl methyl sites for hydroxylation is 1. The highest BCUT2D eigenvalue weighted by molar-refractivity contribution is 7.99. The van der Waals surface area contributed by atoms with Gasteiger partial charge in [0.2, 0.25) is 0 Å². The molecule has 4 rings (SSSR count). The van der Waals surface area contributed by atoms with Gasteiger partial charge < -0.3 is 14.4 Å². The molecule has 0 spiro atoms. The second kappa shape index (κ2) is 7.00. The number of ether oxygens (including phenoxy) is 2. The van der Waals surface area contributed by atoms with Crippen LogP contribution in [0.5, 0.6) is 11.5 Å². The van der Waals surface area contributed by atoms with Crippen LogP contribution in [0.2, 0.25) is 0 Å². The lowest BCUT2D eigenvalue weighted by atomic mass is 10.0. The molecule has 0 aliphatic carbocycles.